The second kappa shape index (κ2) is 13.8. The van der Waals surface area contributed by atoms with E-state index in [1.807, 2.05) is 51.1 Å². The van der Waals surface area contributed by atoms with E-state index in [9.17, 15) is 14.4 Å². The molecule has 3 aromatic carbocycles. The van der Waals surface area contributed by atoms with Gasteiger partial charge in [0, 0.05) is 5.69 Å². The van der Waals surface area contributed by atoms with Gasteiger partial charge in [-0.2, -0.15) is 0 Å². The molecule has 3 amide bonds. The Kier molecular flexibility index (Phi) is 9.91. The van der Waals surface area contributed by atoms with Crippen LogP contribution in [0.15, 0.2) is 65.6 Å². The Morgan fingerprint density at radius 2 is 1.66 bits per heavy atom. The standard InChI is InChI=1S/C31H32N2O7S/c1-5-38-27-17-22(11-13-26(27)40-19-29(34)32-23-12-10-20(2)21(3)16-23)18-28-30(35)33(31(36)41-28)14-15-39-25-9-7-6-8-24(25)37-4/h6-13,16-18H,5,14-15,19H2,1-4H3,(H,32,34)/b28-18-. The number of rotatable bonds is 12. The average molecular weight is 577 g/mol. The third-order valence-corrected chi connectivity index (χ3v) is 7.14. The summed E-state index contributed by atoms with van der Waals surface area (Å²) in [6, 6.07) is 18.0. The zero-order valence-corrected chi connectivity index (χ0v) is 24.2. The maximum absolute atomic E-state index is 13.0. The predicted octanol–water partition coefficient (Wildman–Crippen LogP) is 5.84. The number of nitrogens with one attached hydrogen (secondary N) is 1. The number of para-hydroxylation sites is 2. The lowest BCUT2D eigenvalue weighted by Gasteiger charge is -2.14. The zero-order chi connectivity index (χ0) is 29.4. The molecule has 1 heterocycles. The molecule has 0 aliphatic carbocycles. The topological polar surface area (TPSA) is 103 Å². The van der Waals surface area contributed by atoms with Crippen molar-refractivity contribution in [1.82, 2.24) is 4.90 Å². The highest BCUT2D eigenvalue weighted by Gasteiger charge is 2.35. The Morgan fingerprint density at radius 3 is 2.39 bits per heavy atom. The lowest BCUT2D eigenvalue weighted by Crippen LogP contribution is -2.32. The highest BCUT2D eigenvalue weighted by Crippen LogP contribution is 2.35. The first-order chi connectivity index (χ1) is 19.8. The Hall–Kier alpha value is -4.44. The molecule has 0 bridgehead atoms. The summed E-state index contributed by atoms with van der Waals surface area (Å²) in [5.41, 5.74) is 3.57. The van der Waals surface area contributed by atoms with E-state index in [0.29, 0.717) is 40.9 Å². The molecule has 3 aromatic rings. The SMILES string of the molecule is CCOc1cc(/C=C2\SC(=O)N(CCOc3ccccc3OC)C2=O)ccc1OCC(=O)Nc1ccc(C)c(C)c1. The van der Waals surface area contributed by atoms with Crippen LogP contribution < -0.4 is 24.3 Å². The van der Waals surface area contributed by atoms with Gasteiger partial charge in [-0.05, 0) is 91.7 Å². The molecule has 0 atom stereocenters. The average Bonchev–Trinajstić information content (AvgIpc) is 3.22. The van der Waals surface area contributed by atoms with Crippen LogP contribution in [0.5, 0.6) is 23.0 Å². The van der Waals surface area contributed by atoms with Crippen molar-refractivity contribution in [2.45, 2.75) is 20.8 Å². The molecule has 0 aromatic heterocycles. The molecule has 1 fully saturated rings. The smallest absolute Gasteiger partial charge is 0.293 e. The lowest BCUT2D eigenvalue weighted by atomic mass is 10.1. The molecule has 1 saturated heterocycles. The molecule has 41 heavy (non-hydrogen) atoms. The number of hydrogen-bond donors (Lipinski definition) is 1. The molecule has 9 nitrogen and oxygen atoms in total. The van der Waals surface area contributed by atoms with Crippen molar-refractivity contribution in [1.29, 1.82) is 0 Å². The molecule has 0 saturated carbocycles. The second-order valence-corrected chi connectivity index (χ2v) is 10.1. The molecule has 1 N–H and O–H groups in total. The van der Waals surface area contributed by atoms with Crippen LogP contribution in [-0.4, -0.2) is 55.4 Å². The number of carbonyl (C=O) groups is 3. The van der Waals surface area contributed by atoms with Gasteiger partial charge < -0.3 is 24.3 Å². The van der Waals surface area contributed by atoms with Crippen LogP contribution in [0.1, 0.15) is 23.6 Å². The van der Waals surface area contributed by atoms with Gasteiger partial charge in [0.25, 0.3) is 17.1 Å². The fraction of sp³-hybridized carbons (Fsp3) is 0.258. The molecule has 1 aliphatic heterocycles. The van der Waals surface area contributed by atoms with E-state index < -0.39 is 5.91 Å². The van der Waals surface area contributed by atoms with Crippen molar-refractivity contribution in [3.8, 4) is 23.0 Å². The summed E-state index contributed by atoms with van der Waals surface area (Å²) in [6.45, 7) is 6.22. The summed E-state index contributed by atoms with van der Waals surface area (Å²) in [5, 5.41) is 2.46. The van der Waals surface area contributed by atoms with Gasteiger partial charge in [-0.1, -0.05) is 24.3 Å². The Bertz CT molecular complexity index is 1470. The minimum atomic E-state index is -0.398. The number of imide groups is 1. The fourth-order valence-electron chi connectivity index (χ4n) is 3.99. The maximum atomic E-state index is 13.0. The van der Waals surface area contributed by atoms with Gasteiger partial charge in [0.1, 0.15) is 6.61 Å². The van der Waals surface area contributed by atoms with Crippen molar-refractivity contribution in [3.05, 3.63) is 82.3 Å². The molecular weight excluding hydrogens is 544 g/mol. The highest BCUT2D eigenvalue weighted by atomic mass is 32.2. The molecular formula is C31H32N2O7S. The van der Waals surface area contributed by atoms with Crippen LogP contribution in [0.2, 0.25) is 0 Å². The molecule has 0 radical (unpaired) electrons. The number of amides is 3. The van der Waals surface area contributed by atoms with Crippen molar-refractivity contribution in [3.63, 3.8) is 0 Å². The first-order valence-corrected chi connectivity index (χ1v) is 13.9. The largest absolute Gasteiger partial charge is 0.493 e. The fourth-order valence-corrected chi connectivity index (χ4v) is 4.86. The number of carbonyl (C=O) groups excluding carboxylic acids is 3. The van der Waals surface area contributed by atoms with Crippen LogP contribution in [0.25, 0.3) is 6.08 Å². The summed E-state index contributed by atoms with van der Waals surface area (Å²) < 4.78 is 22.4. The number of nitrogens with zero attached hydrogens (tertiary/aromatic N) is 1. The second-order valence-electron chi connectivity index (χ2n) is 9.11. The first kappa shape index (κ1) is 29.5. The number of benzene rings is 3. The summed E-state index contributed by atoms with van der Waals surface area (Å²) in [5.74, 6) is 1.21. The lowest BCUT2D eigenvalue weighted by molar-refractivity contribution is -0.123. The van der Waals surface area contributed by atoms with Crippen LogP contribution in [-0.2, 0) is 9.59 Å². The molecule has 0 spiro atoms. The number of ether oxygens (including phenoxy) is 4. The van der Waals surface area contributed by atoms with Crippen molar-refractivity contribution in [2.75, 3.05) is 38.8 Å². The summed E-state index contributed by atoms with van der Waals surface area (Å²) in [6.07, 6.45) is 1.63. The monoisotopic (exact) mass is 576 g/mol. The van der Waals surface area contributed by atoms with Gasteiger partial charge in [0.05, 0.1) is 25.2 Å². The number of anilines is 1. The Balaban J connectivity index is 1.38. The van der Waals surface area contributed by atoms with Crippen LogP contribution in [0.4, 0.5) is 10.5 Å². The van der Waals surface area contributed by atoms with Gasteiger partial charge in [-0.15, -0.1) is 0 Å². The van der Waals surface area contributed by atoms with Crippen molar-refractivity contribution in [2.24, 2.45) is 0 Å². The molecule has 4 rings (SSSR count). The molecule has 10 heteroatoms. The number of methoxy groups -OCH3 is 1. The molecule has 214 valence electrons. The van der Waals surface area contributed by atoms with E-state index in [4.69, 9.17) is 18.9 Å². The molecule has 1 aliphatic rings. The third-order valence-electron chi connectivity index (χ3n) is 6.23. The Morgan fingerprint density at radius 1 is 0.902 bits per heavy atom. The van der Waals surface area contributed by atoms with Gasteiger partial charge in [-0.25, -0.2) is 0 Å². The van der Waals surface area contributed by atoms with Gasteiger partial charge in [-0.3, -0.25) is 19.3 Å². The number of aryl methyl sites for hydroxylation is 2. The van der Waals surface area contributed by atoms with Gasteiger partial charge in [0.2, 0.25) is 0 Å². The van der Waals surface area contributed by atoms with E-state index in [2.05, 4.69) is 5.32 Å². The minimum Gasteiger partial charge on any atom is -0.493 e. The van der Waals surface area contributed by atoms with E-state index in [1.54, 1.807) is 43.5 Å². The minimum absolute atomic E-state index is 0.0985. The van der Waals surface area contributed by atoms with E-state index in [-0.39, 0.29) is 35.8 Å². The highest BCUT2D eigenvalue weighted by molar-refractivity contribution is 8.18. The third kappa shape index (κ3) is 7.61. The summed E-state index contributed by atoms with van der Waals surface area (Å²) in [4.78, 5) is 39.4. The summed E-state index contributed by atoms with van der Waals surface area (Å²) in [7, 11) is 1.54. The van der Waals surface area contributed by atoms with E-state index >= 15 is 0 Å². The van der Waals surface area contributed by atoms with Crippen LogP contribution >= 0.6 is 11.8 Å². The first-order valence-electron chi connectivity index (χ1n) is 13.1. The summed E-state index contributed by atoms with van der Waals surface area (Å²) >= 11 is 0.864. The maximum Gasteiger partial charge on any atom is 0.293 e. The Labute approximate surface area is 243 Å². The van der Waals surface area contributed by atoms with Crippen LogP contribution in [0, 0.1) is 13.8 Å². The van der Waals surface area contributed by atoms with Crippen molar-refractivity contribution < 1.29 is 33.3 Å². The van der Waals surface area contributed by atoms with Gasteiger partial charge in [0.15, 0.2) is 29.6 Å². The normalized spacial score (nSPS) is 13.9. The van der Waals surface area contributed by atoms with Crippen LogP contribution in [0.3, 0.4) is 0 Å². The van der Waals surface area contributed by atoms with E-state index in [1.165, 1.54) is 0 Å². The van der Waals surface area contributed by atoms with Gasteiger partial charge >= 0.3 is 0 Å². The van der Waals surface area contributed by atoms with Crippen molar-refractivity contribution >= 4 is 40.6 Å². The number of thioether (sulfide) groups is 1. The quantitative estimate of drug-likeness (QED) is 0.268. The predicted molar refractivity (Wildman–Crippen MR) is 159 cm³/mol. The van der Waals surface area contributed by atoms with E-state index in [0.717, 1.165) is 27.8 Å². The number of hydrogen-bond acceptors (Lipinski definition) is 8. The molecule has 0 unspecified atom stereocenters. The zero-order valence-electron chi connectivity index (χ0n) is 23.4.